The third-order valence-corrected chi connectivity index (χ3v) is 0. The molecule has 6 heavy (non-hydrogen) atoms. The van der Waals surface area contributed by atoms with Crippen LogP contribution in [0.4, 0.5) is 0 Å². The van der Waals surface area contributed by atoms with Crippen LogP contribution >= 0.6 is 0 Å². The largest absolute Gasteiger partial charge is 1.00 e. The van der Waals surface area contributed by atoms with E-state index in [1.54, 1.807) is 0 Å². The molecular formula is AsCl4F-5. The first-order chi connectivity index (χ1) is 0. The molecule has 0 rings (SSSR count). The molecule has 0 saturated carbocycles. The van der Waals surface area contributed by atoms with Crippen molar-refractivity contribution in [2.45, 2.75) is 0 Å². The summed E-state index contributed by atoms with van der Waals surface area (Å²) in [5, 5.41) is 0. The van der Waals surface area contributed by atoms with Crippen molar-refractivity contribution in [2.75, 3.05) is 0 Å². The summed E-state index contributed by atoms with van der Waals surface area (Å²) in [6.45, 7) is 0. The zero-order valence-corrected chi connectivity index (χ0v) is 7.24. The maximum atomic E-state index is 0. The first-order valence-corrected chi connectivity index (χ1v) is 0. The quantitative estimate of drug-likeness (QED) is 0.366. The minimum Gasteiger partial charge on any atom is -1.00 e. The fraction of sp³-hybridized carbons (Fsp3) is 0. The van der Waals surface area contributed by atoms with Crippen LogP contribution in [0.3, 0.4) is 0 Å². The van der Waals surface area contributed by atoms with E-state index in [1.165, 1.54) is 0 Å². The second kappa shape index (κ2) is 78.1. The van der Waals surface area contributed by atoms with Crippen LogP contribution in [-0.2, 0) is 0 Å². The van der Waals surface area contributed by atoms with Crippen LogP contribution < -0.4 is 54.3 Å². The number of rotatable bonds is 0. The van der Waals surface area contributed by atoms with Crippen LogP contribution in [0, 0.1) is 0 Å². The predicted octanol–water partition coefficient (Wildman–Crippen LogP) is -15.4. The van der Waals surface area contributed by atoms with Crippen LogP contribution in [0.25, 0.3) is 0 Å². The fourth-order valence-electron chi connectivity index (χ4n) is 0. The van der Waals surface area contributed by atoms with Crippen molar-refractivity contribution < 1.29 is 54.3 Å². The van der Waals surface area contributed by atoms with Gasteiger partial charge in [-0.05, 0) is 0 Å². The van der Waals surface area contributed by atoms with Gasteiger partial charge in [0.1, 0.15) is 0 Å². The first-order valence-electron chi connectivity index (χ1n) is 0. The van der Waals surface area contributed by atoms with E-state index in [-0.39, 0.29) is 72.3 Å². The van der Waals surface area contributed by atoms with Gasteiger partial charge < -0.3 is 54.3 Å². The van der Waals surface area contributed by atoms with Gasteiger partial charge in [0.05, 0.1) is 0 Å². The Balaban J connectivity index is 0. The molecule has 0 spiro atoms. The van der Waals surface area contributed by atoms with E-state index in [9.17, 15) is 0 Å². The first kappa shape index (κ1) is 124. The summed E-state index contributed by atoms with van der Waals surface area (Å²) in [7, 11) is 0. The Hall–Kier alpha value is 1.65. The number of halogens is 5. The number of hydrogen-bond acceptors (Lipinski definition) is 0. The van der Waals surface area contributed by atoms with Crippen LogP contribution in [0.5, 0.6) is 0 Å². The summed E-state index contributed by atoms with van der Waals surface area (Å²) < 4.78 is 0. The summed E-state index contributed by atoms with van der Waals surface area (Å²) in [5.41, 5.74) is 0. The van der Waals surface area contributed by atoms with E-state index in [1.807, 2.05) is 0 Å². The molecule has 3 radical (unpaired) electrons. The third kappa shape index (κ3) is 44.9. The van der Waals surface area contributed by atoms with Gasteiger partial charge in [-0.1, -0.05) is 0 Å². The summed E-state index contributed by atoms with van der Waals surface area (Å²) in [6, 6.07) is 0. The molecule has 0 nitrogen and oxygen atoms in total. The van der Waals surface area contributed by atoms with Crippen molar-refractivity contribution in [3.8, 4) is 0 Å². The average Bonchev–Trinajstić information content (AvgIpc) is 0. The molecule has 0 amide bonds. The molecule has 0 aliphatic heterocycles. The Morgan fingerprint density at radius 1 is 0.500 bits per heavy atom. The molecule has 0 aromatic rings. The molecule has 0 bridgehead atoms. The normalized spacial score (nSPS) is 0. The summed E-state index contributed by atoms with van der Waals surface area (Å²) in [6.07, 6.45) is 0. The molecule has 0 aliphatic rings. The molecule has 0 aliphatic carbocycles. The summed E-state index contributed by atoms with van der Waals surface area (Å²) >= 11 is 0. The van der Waals surface area contributed by atoms with E-state index >= 15 is 0 Å². The predicted molar refractivity (Wildman–Crippen MR) is 5.75 cm³/mol. The maximum absolute atomic E-state index is 0. The minimum absolute atomic E-state index is 0. The van der Waals surface area contributed by atoms with Gasteiger partial charge in [0, 0.05) is 18.0 Å². The SMILES string of the molecule is [As].[Cl-].[Cl-].[Cl-].[Cl-].[F-]. The molecule has 0 N–H and O–H groups in total. The molecule has 0 aromatic heterocycles. The van der Waals surface area contributed by atoms with Gasteiger partial charge in [-0.3, -0.25) is 0 Å². The van der Waals surface area contributed by atoms with Gasteiger partial charge in [-0.2, -0.15) is 0 Å². The Morgan fingerprint density at radius 2 is 0.500 bits per heavy atom. The summed E-state index contributed by atoms with van der Waals surface area (Å²) in [5.74, 6) is 0. The van der Waals surface area contributed by atoms with Crippen LogP contribution in [0.2, 0.25) is 0 Å². The zero-order valence-electron chi connectivity index (χ0n) is 2.34. The molecule has 0 unspecified atom stereocenters. The molecule has 0 aromatic carbocycles. The van der Waals surface area contributed by atoms with Crippen molar-refractivity contribution in [1.29, 1.82) is 0 Å². The second-order valence-electron chi connectivity index (χ2n) is 0. The minimum atomic E-state index is 0. The van der Waals surface area contributed by atoms with Crippen molar-refractivity contribution in [2.24, 2.45) is 0 Å². The van der Waals surface area contributed by atoms with Crippen molar-refractivity contribution >= 4 is 18.0 Å². The van der Waals surface area contributed by atoms with E-state index < -0.39 is 0 Å². The van der Waals surface area contributed by atoms with Crippen LogP contribution in [0.15, 0.2) is 0 Å². The van der Waals surface area contributed by atoms with E-state index in [4.69, 9.17) is 0 Å². The molecule has 0 atom stereocenters. The standard InChI is InChI=1S/As.4ClH.FH/h;5*1H/p-5. The zero-order chi connectivity index (χ0) is 0. The smallest absolute Gasteiger partial charge is 0 e. The topological polar surface area (TPSA) is 0 Å². The van der Waals surface area contributed by atoms with Gasteiger partial charge in [-0.25, -0.2) is 0 Å². The van der Waals surface area contributed by atoms with E-state index in [0.29, 0.717) is 0 Å². The molecule has 6 heteroatoms. The second-order valence-corrected chi connectivity index (χ2v) is 0. The average molecular weight is 236 g/mol. The molecule has 0 heterocycles. The molecule has 0 fully saturated rings. The Bertz CT molecular complexity index is 7.51. The van der Waals surface area contributed by atoms with Crippen molar-refractivity contribution in [1.82, 2.24) is 0 Å². The van der Waals surface area contributed by atoms with Crippen molar-refractivity contribution in [3.63, 3.8) is 0 Å². The van der Waals surface area contributed by atoms with Gasteiger partial charge >= 0.3 is 0 Å². The molecular weight excluding hydrogens is 236 g/mol. The van der Waals surface area contributed by atoms with Gasteiger partial charge in [0.25, 0.3) is 0 Å². The Morgan fingerprint density at radius 3 is 0.500 bits per heavy atom. The number of hydrogen-bond donors (Lipinski definition) is 0. The van der Waals surface area contributed by atoms with E-state index in [2.05, 4.69) is 0 Å². The molecule has 0 saturated heterocycles. The van der Waals surface area contributed by atoms with Gasteiger partial charge in [0.15, 0.2) is 0 Å². The maximum Gasteiger partial charge on any atom is 0 e. The third-order valence-electron chi connectivity index (χ3n) is 0. The molecule has 45 valence electrons. The Labute approximate surface area is 72.1 Å². The van der Waals surface area contributed by atoms with E-state index in [0.717, 1.165) is 0 Å². The van der Waals surface area contributed by atoms with Crippen LogP contribution in [0.1, 0.15) is 0 Å². The Kier molecular flexibility index (Phi) is 1620. The fourth-order valence-corrected chi connectivity index (χ4v) is 0. The van der Waals surface area contributed by atoms with Gasteiger partial charge in [-0.15, -0.1) is 0 Å². The van der Waals surface area contributed by atoms with Crippen molar-refractivity contribution in [3.05, 3.63) is 0 Å². The summed E-state index contributed by atoms with van der Waals surface area (Å²) in [4.78, 5) is 0. The van der Waals surface area contributed by atoms with Crippen LogP contribution in [-0.4, -0.2) is 18.0 Å². The monoisotopic (exact) mass is 234 g/mol. The van der Waals surface area contributed by atoms with Gasteiger partial charge in [0.2, 0.25) is 0 Å².